The molecule has 4 nitrogen and oxygen atoms in total. The Bertz CT molecular complexity index is 227. The highest BCUT2D eigenvalue weighted by Crippen LogP contribution is 2.26. The van der Waals surface area contributed by atoms with Crippen molar-refractivity contribution in [1.29, 1.82) is 0 Å². The number of hydrogen-bond acceptors (Lipinski definition) is 4. The van der Waals surface area contributed by atoms with E-state index in [9.17, 15) is 4.79 Å². The first-order valence-electron chi connectivity index (χ1n) is 6.29. The van der Waals surface area contributed by atoms with Crippen molar-refractivity contribution in [2.45, 2.75) is 37.0 Å². The lowest BCUT2D eigenvalue weighted by atomic mass is 9.95. The lowest BCUT2D eigenvalue weighted by Crippen LogP contribution is -2.45. The summed E-state index contributed by atoms with van der Waals surface area (Å²) in [6.07, 6.45) is 7.22. The van der Waals surface area contributed by atoms with Gasteiger partial charge in [0.25, 0.3) is 0 Å². The van der Waals surface area contributed by atoms with Crippen molar-refractivity contribution in [3.63, 3.8) is 0 Å². The summed E-state index contributed by atoms with van der Waals surface area (Å²) >= 11 is 1.91. The smallest absolute Gasteiger partial charge is 0.234 e. The van der Waals surface area contributed by atoms with Gasteiger partial charge < -0.3 is 15.4 Å². The minimum Gasteiger partial charge on any atom is -0.383 e. The molecule has 0 aromatic rings. The van der Waals surface area contributed by atoms with Crippen molar-refractivity contribution in [2.24, 2.45) is 0 Å². The van der Waals surface area contributed by atoms with Crippen LogP contribution in [0.4, 0.5) is 0 Å². The molecule has 0 aromatic heterocycles. The van der Waals surface area contributed by atoms with Crippen molar-refractivity contribution in [3.8, 4) is 0 Å². The Kier molecular flexibility index (Phi) is 7.64. The molecule has 0 spiro atoms. The molecule has 1 aliphatic carbocycles. The van der Waals surface area contributed by atoms with E-state index in [1.807, 2.05) is 11.8 Å². The molecule has 2 atom stereocenters. The summed E-state index contributed by atoms with van der Waals surface area (Å²) in [6, 6.07) is 0.493. The minimum atomic E-state index is 0.0625. The molecule has 1 rings (SSSR count). The molecule has 2 unspecified atom stereocenters. The van der Waals surface area contributed by atoms with E-state index in [0.717, 1.165) is 0 Å². The van der Waals surface area contributed by atoms with E-state index in [2.05, 4.69) is 16.9 Å². The summed E-state index contributed by atoms with van der Waals surface area (Å²) in [5, 5.41) is 6.86. The summed E-state index contributed by atoms with van der Waals surface area (Å²) in [4.78, 5) is 11.5. The maximum Gasteiger partial charge on any atom is 0.234 e. The molecular weight excluding hydrogens is 236 g/mol. The second kappa shape index (κ2) is 8.78. The number of amides is 1. The molecule has 0 aromatic carbocycles. The zero-order valence-corrected chi connectivity index (χ0v) is 11.6. The number of carbonyl (C=O) groups is 1. The second-order valence-electron chi connectivity index (χ2n) is 4.39. The molecule has 17 heavy (non-hydrogen) atoms. The lowest BCUT2D eigenvalue weighted by Gasteiger charge is -2.30. The van der Waals surface area contributed by atoms with Crippen LogP contribution >= 0.6 is 11.8 Å². The fourth-order valence-electron chi connectivity index (χ4n) is 2.19. The minimum absolute atomic E-state index is 0.0625. The van der Waals surface area contributed by atoms with Gasteiger partial charge in [-0.3, -0.25) is 4.79 Å². The maximum absolute atomic E-state index is 11.5. The molecule has 0 bridgehead atoms. The zero-order valence-electron chi connectivity index (χ0n) is 10.8. The summed E-state index contributed by atoms with van der Waals surface area (Å²) in [7, 11) is 1.63. The molecule has 100 valence electrons. The van der Waals surface area contributed by atoms with Crippen LogP contribution in [0.5, 0.6) is 0 Å². The van der Waals surface area contributed by atoms with E-state index >= 15 is 0 Å². The van der Waals surface area contributed by atoms with Gasteiger partial charge in [0.2, 0.25) is 5.91 Å². The van der Waals surface area contributed by atoms with E-state index in [1.165, 1.54) is 25.7 Å². The van der Waals surface area contributed by atoms with E-state index in [-0.39, 0.29) is 5.91 Å². The van der Waals surface area contributed by atoms with Gasteiger partial charge in [0, 0.05) is 24.9 Å². The largest absolute Gasteiger partial charge is 0.383 e. The van der Waals surface area contributed by atoms with Gasteiger partial charge in [-0.2, -0.15) is 11.8 Å². The number of methoxy groups -OCH3 is 1. The Morgan fingerprint density at radius 2 is 2.18 bits per heavy atom. The molecule has 1 saturated carbocycles. The van der Waals surface area contributed by atoms with Crippen molar-refractivity contribution in [2.75, 3.05) is 33.1 Å². The van der Waals surface area contributed by atoms with Gasteiger partial charge in [-0.05, 0) is 19.1 Å². The van der Waals surface area contributed by atoms with Crippen LogP contribution in [0.1, 0.15) is 25.7 Å². The number of thioether (sulfide) groups is 1. The Morgan fingerprint density at radius 3 is 2.88 bits per heavy atom. The van der Waals surface area contributed by atoms with Gasteiger partial charge in [0.1, 0.15) is 0 Å². The first-order chi connectivity index (χ1) is 8.27. The van der Waals surface area contributed by atoms with Crippen LogP contribution in [0.2, 0.25) is 0 Å². The Labute approximate surface area is 108 Å². The Balaban J connectivity index is 2.17. The molecule has 0 aliphatic heterocycles. The molecule has 2 N–H and O–H groups in total. The van der Waals surface area contributed by atoms with Gasteiger partial charge >= 0.3 is 0 Å². The summed E-state index contributed by atoms with van der Waals surface area (Å²) in [5.41, 5.74) is 0. The van der Waals surface area contributed by atoms with Crippen LogP contribution in [0.25, 0.3) is 0 Å². The Morgan fingerprint density at radius 1 is 1.41 bits per heavy atom. The zero-order chi connectivity index (χ0) is 12.5. The normalized spacial score (nSPS) is 24.6. The predicted molar refractivity (Wildman–Crippen MR) is 72.4 cm³/mol. The quantitative estimate of drug-likeness (QED) is 0.671. The van der Waals surface area contributed by atoms with Gasteiger partial charge in [-0.25, -0.2) is 0 Å². The van der Waals surface area contributed by atoms with E-state index < -0.39 is 0 Å². The van der Waals surface area contributed by atoms with Crippen LogP contribution < -0.4 is 10.6 Å². The number of carbonyl (C=O) groups excluding carboxylic acids is 1. The first kappa shape index (κ1) is 14.8. The van der Waals surface area contributed by atoms with E-state index in [4.69, 9.17) is 4.74 Å². The summed E-state index contributed by atoms with van der Waals surface area (Å²) in [5.74, 6) is 0.0625. The molecule has 1 fully saturated rings. The lowest BCUT2D eigenvalue weighted by molar-refractivity contribution is -0.120. The molecule has 5 heteroatoms. The fraction of sp³-hybridized carbons (Fsp3) is 0.917. The highest BCUT2D eigenvalue weighted by molar-refractivity contribution is 7.99. The van der Waals surface area contributed by atoms with Gasteiger partial charge in [-0.1, -0.05) is 12.8 Å². The maximum atomic E-state index is 11.5. The van der Waals surface area contributed by atoms with Gasteiger partial charge in [0.15, 0.2) is 0 Å². The fourth-order valence-corrected chi connectivity index (χ4v) is 3.15. The molecule has 1 amide bonds. The SMILES string of the molecule is COCCNC(=O)CNC1CCCCC1SC. The third-order valence-corrected chi connectivity index (χ3v) is 4.33. The molecular formula is C12H24N2O2S. The number of ether oxygens (including phenoxy) is 1. The average Bonchev–Trinajstić information content (AvgIpc) is 2.37. The van der Waals surface area contributed by atoms with Crippen molar-refractivity contribution in [1.82, 2.24) is 10.6 Å². The average molecular weight is 260 g/mol. The third kappa shape index (κ3) is 5.75. The highest BCUT2D eigenvalue weighted by atomic mass is 32.2. The van der Waals surface area contributed by atoms with Crippen LogP contribution in [0, 0.1) is 0 Å². The molecule has 0 heterocycles. The summed E-state index contributed by atoms with van der Waals surface area (Å²) in [6.45, 7) is 1.59. The van der Waals surface area contributed by atoms with Crippen LogP contribution in [0.3, 0.4) is 0 Å². The van der Waals surface area contributed by atoms with E-state index in [0.29, 0.717) is 31.0 Å². The van der Waals surface area contributed by atoms with Gasteiger partial charge in [0.05, 0.1) is 13.2 Å². The molecule has 0 saturated heterocycles. The third-order valence-electron chi connectivity index (χ3n) is 3.16. The van der Waals surface area contributed by atoms with E-state index in [1.54, 1.807) is 7.11 Å². The topological polar surface area (TPSA) is 50.4 Å². The first-order valence-corrected chi connectivity index (χ1v) is 7.58. The number of rotatable bonds is 7. The van der Waals surface area contributed by atoms with Crippen LogP contribution in [-0.4, -0.2) is 50.3 Å². The number of nitrogens with one attached hydrogen (secondary N) is 2. The van der Waals surface area contributed by atoms with Crippen LogP contribution in [-0.2, 0) is 9.53 Å². The standard InChI is InChI=1S/C12H24N2O2S/c1-16-8-7-13-12(15)9-14-10-5-3-4-6-11(10)17-2/h10-11,14H,3-9H2,1-2H3,(H,13,15). The summed E-state index contributed by atoms with van der Waals surface area (Å²) < 4.78 is 4.88. The number of hydrogen-bond donors (Lipinski definition) is 2. The Hall–Kier alpha value is -0.260. The van der Waals surface area contributed by atoms with Gasteiger partial charge in [-0.15, -0.1) is 0 Å². The van der Waals surface area contributed by atoms with Crippen molar-refractivity contribution < 1.29 is 9.53 Å². The van der Waals surface area contributed by atoms with Crippen LogP contribution in [0.15, 0.2) is 0 Å². The predicted octanol–water partition coefficient (Wildman–Crippen LogP) is 1.01. The van der Waals surface area contributed by atoms with Crippen molar-refractivity contribution in [3.05, 3.63) is 0 Å². The second-order valence-corrected chi connectivity index (χ2v) is 5.47. The highest BCUT2D eigenvalue weighted by Gasteiger charge is 2.24. The monoisotopic (exact) mass is 260 g/mol. The molecule has 1 aliphatic rings. The van der Waals surface area contributed by atoms with Crippen molar-refractivity contribution >= 4 is 17.7 Å². The molecule has 0 radical (unpaired) electrons.